The van der Waals surface area contributed by atoms with E-state index in [1.165, 1.54) is 12.1 Å². The number of fused-ring (bicyclic) bond motifs is 6. The van der Waals surface area contributed by atoms with Crippen LogP contribution in [0.25, 0.3) is 33.2 Å². The standard InChI is InChI=1S/C23H18FN3O3/c1-29-16-6-3-7-17(30-2)19(16)22-26-20-13-9-8-12(24)11-15(13)18-14(21(20)27-22)5-4-10-25-23(18)28/h3-4,6-11H,5H2,1-2H3,(H,25,28)(H,26,27). The molecular weight excluding hydrogens is 385 g/mol. The zero-order valence-electron chi connectivity index (χ0n) is 16.4. The second-order valence-electron chi connectivity index (χ2n) is 6.97. The summed E-state index contributed by atoms with van der Waals surface area (Å²) < 4.78 is 25.1. The van der Waals surface area contributed by atoms with E-state index in [1.807, 2.05) is 24.3 Å². The predicted octanol–water partition coefficient (Wildman–Crippen LogP) is 4.34. The van der Waals surface area contributed by atoms with E-state index in [-0.39, 0.29) is 5.91 Å². The minimum absolute atomic E-state index is 0.282. The number of halogens is 1. The van der Waals surface area contributed by atoms with E-state index in [9.17, 15) is 9.18 Å². The van der Waals surface area contributed by atoms with Crippen LogP contribution in [-0.2, 0) is 6.42 Å². The lowest BCUT2D eigenvalue weighted by Crippen LogP contribution is -2.17. The molecule has 0 saturated carbocycles. The summed E-state index contributed by atoms with van der Waals surface area (Å²) in [7, 11) is 3.17. The maximum absolute atomic E-state index is 14.1. The van der Waals surface area contributed by atoms with Gasteiger partial charge in [-0.2, -0.15) is 0 Å². The average molecular weight is 403 g/mol. The molecule has 3 aromatic carbocycles. The highest BCUT2D eigenvalue weighted by molar-refractivity contribution is 6.18. The van der Waals surface area contributed by atoms with Crippen molar-refractivity contribution in [2.75, 3.05) is 14.2 Å². The molecule has 0 bridgehead atoms. The van der Waals surface area contributed by atoms with Crippen molar-refractivity contribution < 1.29 is 18.7 Å². The number of hydrogen-bond acceptors (Lipinski definition) is 4. The number of methoxy groups -OCH3 is 2. The monoisotopic (exact) mass is 403 g/mol. The SMILES string of the molecule is COc1cccc(OC)c1-c1nc2c3c(c4cc(F)ccc4c2[nH]1)C(=O)NC=CC3. The van der Waals surface area contributed by atoms with Gasteiger partial charge in [-0.1, -0.05) is 12.1 Å². The van der Waals surface area contributed by atoms with Crippen LogP contribution in [0.15, 0.2) is 48.7 Å². The molecule has 1 aliphatic heterocycles. The molecule has 0 aliphatic carbocycles. The minimum Gasteiger partial charge on any atom is -0.496 e. The first-order chi connectivity index (χ1) is 14.6. The summed E-state index contributed by atoms with van der Waals surface area (Å²) >= 11 is 0. The Balaban J connectivity index is 1.91. The number of aromatic amines is 1. The Bertz CT molecular complexity index is 1340. The number of nitrogens with zero attached hydrogens (tertiary/aromatic N) is 1. The number of nitrogens with one attached hydrogen (secondary N) is 2. The third-order valence-corrected chi connectivity index (χ3v) is 5.36. The van der Waals surface area contributed by atoms with Gasteiger partial charge in [0.2, 0.25) is 0 Å². The zero-order valence-corrected chi connectivity index (χ0v) is 16.4. The Morgan fingerprint density at radius 3 is 2.53 bits per heavy atom. The Labute approximate surface area is 171 Å². The molecule has 4 aromatic rings. The second kappa shape index (κ2) is 6.88. The molecule has 1 amide bonds. The number of imidazole rings is 1. The van der Waals surface area contributed by atoms with E-state index >= 15 is 0 Å². The van der Waals surface area contributed by atoms with Crippen molar-refractivity contribution in [3.05, 3.63) is 65.6 Å². The van der Waals surface area contributed by atoms with Gasteiger partial charge in [0, 0.05) is 11.6 Å². The van der Waals surface area contributed by atoms with E-state index in [0.717, 1.165) is 16.5 Å². The molecule has 2 heterocycles. The van der Waals surface area contributed by atoms with Crippen LogP contribution in [-0.4, -0.2) is 30.1 Å². The van der Waals surface area contributed by atoms with Crippen LogP contribution in [0.2, 0.25) is 0 Å². The second-order valence-corrected chi connectivity index (χ2v) is 6.97. The molecule has 0 radical (unpaired) electrons. The van der Waals surface area contributed by atoms with Crippen molar-refractivity contribution in [3.8, 4) is 22.9 Å². The van der Waals surface area contributed by atoms with E-state index in [0.29, 0.717) is 45.8 Å². The summed E-state index contributed by atoms with van der Waals surface area (Å²) in [5, 5.41) is 3.99. The highest BCUT2D eigenvalue weighted by atomic mass is 19.1. The van der Waals surface area contributed by atoms with Gasteiger partial charge >= 0.3 is 0 Å². The molecule has 0 saturated heterocycles. The fourth-order valence-electron chi connectivity index (χ4n) is 4.05. The van der Waals surface area contributed by atoms with Gasteiger partial charge in [0.05, 0.1) is 30.8 Å². The van der Waals surface area contributed by atoms with Gasteiger partial charge < -0.3 is 19.8 Å². The van der Waals surface area contributed by atoms with Crippen molar-refractivity contribution >= 4 is 27.7 Å². The molecule has 0 unspecified atom stereocenters. The first kappa shape index (κ1) is 18.2. The van der Waals surface area contributed by atoms with Gasteiger partial charge in [0.15, 0.2) is 0 Å². The van der Waals surface area contributed by atoms with Crippen LogP contribution in [0, 0.1) is 5.82 Å². The van der Waals surface area contributed by atoms with Crippen molar-refractivity contribution in [2.24, 2.45) is 0 Å². The first-order valence-corrected chi connectivity index (χ1v) is 9.43. The summed E-state index contributed by atoms with van der Waals surface area (Å²) in [4.78, 5) is 21.0. The quantitative estimate of drug-likeness (QED) is 0.534. The molecular formula is C23H18FN3O3. The summed E-state index contributed by atoms with van der Waals surface area (Å²) in [6.45, 7) is 0. The Morgan fingerprint density at radius 2 is 1.80 bits per heavy atom. The number of ether oxygens (including phenoxy) is 2. The lowest BCUT2D eigenvalue weighted by molar-refractivity contribution is 0.0972. The number of rotatable bonds is 3. The fraction of sp³-hybridized carbons (Fsp3) is 0.130. The summed E-state index contributed by atoms with van der Waals surface area (Å²) in [6.07, 6.45) is 3.95. The topological polar surface area (TPSA) is 76.2 Å². The average Bonchev–Trinajstić information content (AvgIpc) is 3.10. The van der Waals surface area contributed by atoms with Crippen LogP contribution in [0.4, 0.5) is 4.39 Å². The molecule has 30 heavy (non-hydrogen) atoms. The van der Waals surface area contributed by atoms with E-state index < -0.39 is 5.82 Å². The predicted molar refractivity (Wildman–Crippen MR) is 112 cm³/mol. The van der Waals surface area contributed by atoms with Gasteiger partial charge in [0.1, 0.15) is 28.7 Å². The van der Waals surface area contributed by atoms with Gasteiger partial charge in [-0.15, -0.1) is 0 Å². The summed E-state index contributed by atoms with van der Waals surface area (Å²) in [6, 6.07) is 9.93. The zero-order chi connectivity index (χ0) is 20.8. The van der Waals surface area contributed by atoms with Crippen LogP contribution < -0.4 is 14.8 Å². The Morgan fingerprint density at radius 1 is 1.03 bits per heavy atom. The highest BCUT2D eigenvalue weighted by Gasteiger charge is 2.25. The number of carbonyl (C=O) groups is 1. The van der Waals surface area contributed by atoms with Gasteiger partial charge in [-0.25, -0.2) is 9.37 Å². The van der Waals surface area contributed by atoms with Crippen LogP contribution in [0.1, 0.15) is 15.9 Å². The fourth-order valence-corrected chi connectivity index (χ4v) is 4.05. The molecule has 6 nitrogen and oxygen atoms in total. The normalized spacial score (nSPS) is 13.2. The first-order valence-electron chi connectivity index (χ1n) is 9.43. The largest absolute Gasteiger partial charge is 0.496 e. The summed E-state index contributed by atoms with van der Waals surface area (Å²) in [5.74, 6) is 1.07. The lowest BCUT2D eigenvalue weighted by Gasteiger charge is -2.11. The molecule has 1 aromatic heterocycles. The van der Waals surface area contributed by atoms with Crippen LogP contribution >= 0.6 is 0 Å². The lowest BCUT2D eigenvalue weighted by atomic mass is 9.95. The molecule has 1 aliphatic rings. The number of carbonyl (C=O) groups excluding carboxylic acids is 1. The molecule has 150 valence electrons. The van der Waals surface area contributed by atoms with E-state index in [2.05, 4.69) is 10.3 Å². The van der Waals surface area contributed by atoms with Gasteiger partial charge in [-0.05, 0) is 47.7 Å². The molecule has 2 N–H and O–H groups in total. The van der Waals surface area contributed by atoms with Gasteiger partial charge in [0.25, 0.3) is 5.91 Å². The molecule has 0 atom stereocenters. The molecule has 5 rings (SSSR count). The smallest absolute Gasteiger partial charge is 0.256 e. The number of amides is 1. The number of benzene rings is 3. The van der Waals surface area contributed by atoms with Crippen molar-refractivity contribution in [1.82, 2.24) is 15.3 Å². The maximum Gasteiger partial charge on any atom is 0.256 e. The Hall–Kier alpha value is -3.87. The number of H-pyrrole nitrogens is 1. The van der Waals surface area contributed by atoms with Crippen molar-refractivity contribution in [2.45, 2.75) is 6.42 Å². The van der Waals surface area contributed by atoms with Crippen LogP contribution in [0.3, 0.4) is 0 Å². The number of hydrogen-bond donors (Lipinski definition) is 2. The number of aromatic nitrogens is 2. The highest BCUT2D eigenvalue weighted by Crippen LogP contribution is 2.40. The molecule has 7 heteroatoms. The van der Waals surface area contributed by atoms with Crippen molar-refractivity contribution in [3.63, 3.8) is 0 Å². The Kier molecular flexibility index (Phi) is 4.17. The number of allylic oxidation sites excluding steroid dienone is 1. The third kappa shape index (κ3) is 2.62. The minimum atomic E-state index is -0.403. The van der Waals surface area contributed by atoms with E-state index in [4.69, 9.17) is 14.5 Å². The van der Waals surface area contributed by atoms with Crippen LogP contribution in [0.5, 0.6) is 11.5 Å². The van der Waals surface area contributed by atoms with E-state index in [1.54, 1.807) is 26.5 Å². The molecule has 0 spiro atoms. The van der Waals surface area contributed by atoms with Crippen molar-refractivity contribution in [1.29, 1.82) is 0 Å². The molecule has 0 fully saturated rings. The maximum atomic E-state index is 14.1. The van der Waals surface area contributed by atoms with Gasteiger partial charge in [-0.3, -0.25) is 4.79 Å². The third-order valence-electron chi connectivity index (χ3n) is 5.36. The summed E-state index contributed by atoms with van der Waals surface area (Å²) in [5.41, 5.74) is 3.25.